The molecule has 0 saturated carbocycles. The van der Waals surface area contributed by atoms with Gasteiger partial charge in [0.2, 0.25) is 11.9 Å². The molecule has 1 aliphatic rings. The molecule has 0 radical (unpaired) electrons. The van der Waals surface area contributed by atoms with Gasteiger partial charge in [0, 0.05) is 31.7 Å². The maximum atomic E-state index is 13.3. The highest BCUT2D eigenvalue weighted by molar-refractivity contribution is 5.87. The maximum absolute atomic E-state index is 13.3. The number of rotatable bonds is 7. The van der Waals surface area contributed by atoms with Gasteiger partial charge < -0.3 is 9.47 Å². The first-order chi connectivity index (χ1) is 15.7. The van der Waals surface area contributed by atoms with Crippen LogP contribution in [0.1, 0.15) is 33.4 Å². The first-order valence-corrected chi connectivity index (χ1v) is 9.97. The van der Waals surface area contributed by atoms with E-state index in [1.165, 1.54) is 13.8 Å². The molecule has 0 aliphatic carbocycles. The Morgan fingerprint density at radius 2 is 2.21 bits per heavy atom. The van der Waals surface area contributed by atoms with E-state index in [0.29, 0.717) is 0 Å². The number of azide groups is 1. The van der Waals surface area contributed by atoms with E-state index in [0.717, 1.165) is 9.13 Å². The Kier molecular flexibility index (Phi) is 6.86. The summed E-state index contributed by atoms with van der Waals surface area (Å²) in [6.45, 7) is 4.13. The average Bonchev–Trinajstić information content (AvgIpc) is 3.24. The molecular weight excluding hydrogens is 436 g/mol. The van der Waals surface area contributed by atoms with Crippen LogP contribution in [0.5, 0.6) is 0 Å². The molecule has 2 N–H and O–H groups in total. The van der Waals surface area contributed by atoms with Gasteiger partial charge in [-0.1, -0.05) is 18.0 Å². The number of H-pyrrole nitrogens is 1. The predicted octanol–water partition coefficient (Wildman–Crippen LogP) is 0.643. The van der Waals surface area contributed by atoms with Crippen molar-refractivity contribution < 1.29 is 19.1 Å². The number of terminal acetylenes is 1. The van der Waals surface area contributed by atoms with Crippen LogP contribution in [0.4, 0.5) is 5.95 Å². The zero-order valence-corrected chi connectivity index (χ0v) is 18.1. The molecule has 0 unspecified atom stereocenters. The molecule has 2 aromatic rings. The number of esters is 1. The van der Waals surface area contributed by atoms with E-state index in [2.05, 4.69) is 31.2 Å². The van der Waals surface area contributed by atoms with Crippen molar-refractivity contribution in [3.8, 4) is 12.3 Å². The van der Waals surface area contributed by atoms with Crippen LogP contribution in [0.25, 0.3) is 21.6 Å². The number of hydrogen-bond acceptors (Lipinski definition) is 8. The lowest BCUT2D eigenvalue weighted by Gasteiger charge is -2.20. The molecule has 0 spiro atoms. The molecule has 1 saturated heterocycles. The third kappa shape index (κ3) is 4.74. The number of fused-ring (bicyclic) bond motifs is 1. The van der Waals surface area contributed by atoms with Crippen molar-refractivity contribution in [2.75, 3.05) is 11.9 Å². The highest BCUT2D eigenvalue weighted by Crippen LogP contribution is 2.35. The summed E-state index contributed by atoms with van der Waals surface area (Å²) in [5.74, 6) is 0.792. The molecule has 174 valence electrons. The van der Waals surface area contributed by atoms with Crippen molar-refractivity contribution in [3.05, 3.63) is 31.3 Å². The van der Waals surface area contributed by atoms with Gasteiger partial charge in [-0.05, 0) is 11.4 Å². The minimum absolute atomic E-state index is 0.103. The van der Waals surface area contributed by atoms with Gasteiger partial charge in [-0.2, -0.15) is 4.98 Å². The topological polar surface area (TPSA) is 186 Å². The molecule has 1 amide bonds. The zero-order valence-electron chi connectivity index (χ0n) is 18.1. The van der Waals surface area contributed by atoms with Crippen LogP contribution in [0, 0.1) is 18.3 Å². The number of ether oxygens (including phenoxy) is 2. The predicted molar refractivity (Wildman–Crippen MR) is 115 cm³/mol. The Hall–Kier alpha value is -4.08. The number of imidazole rings is 1. The smallest absolute Gasteiger partial charge is 0.333 e. The van der Waals surface area contributed by atoms with Crippen LogP contribution < -0.4 is 16.6 Å². The number of amides is 1. The standard InChI is InChI=1S/C19H22N8O6/c1-5-6-26-14-15(23-18(22-10(3)28)24-16(14)30)27(19(26)31)17-13(32-11(4)29)7-12(33-17)9(2)8-21-25-20/h1,9,12-13,17H,6-8H2,2-4H3,(H2,22,23,24,28,30)/t9-,12-,13+,17+/m0/s1. The van der Waals surface area contributed by atoms with Crippen molar-refractivity contribution >= 4 is 29.0 Å². The number of hydrogen-bond donors (Lipinski definition) is 2. The monoisotopic (exact) mass is 458 g/mol. The molecule has 3 rings (SSSR count). The second-order valence-corrected chi connectivity index (χ2v) is 7.55. The molecule has 2 aromatic heterocycles. The van der Waals surface area contributed by atoms with Crippen molar-refractivity contribution in [1.82, 2.24) is 19.1 Å². The average molecular weight is 458 g/mol. The van der Waals surface area contributed by atoms with Crippen LogP contribution in [0.3, 0.4) is 0 Å². The van der Waals surface area contributed by atoms with E-state index in [1.54, 1.807) is 6.92 Å². The molecular formula is C19H22N8O6. The summed E-state index contributed by atoms with van der Waals surface area (Å²) >= 11 is 0. The van der Waals surface area contributed by atoms with Crippen molar-refractivity contribution in [2.45, 2.75) is 52.2 Å². The van der Waals surface area contributed by atoms with Crippen LogP contribution in [-0.4, -0.2) is 49.7 Å². The van der Waals surface area contributed by atoms with E-state index in [-0.39, 0.29) is 42.5 Å². The lowest BCUT2D eigenvalue weighted by atomic mass is 10.0. The Bertz CT molecular complexity index is 1290. The van der Waals surface area contributed by atoms with E-state index in [4.69, 9.17) is 21.4 Å². The molecule has 4 atom stereocenters. The van der Waals surface area contributed by atoms with E-state index in [1.807, 2.05) is 0 Å². The summed E-state index contributed by atoms with van der Waals surface area (Å²) in [6, 6.07) is 0. The third-order valence-corrected chi connectivity index (χ3v) is 5.09. The molecule has 14 heteroatoms. The summed E-state index contributed by atoms with van der Waals surface area (Å²) in [7, 11) is 0. The second kappa shape index (κ2) is 9.60. The number of nitrogens with zero attached hydrogens (tertiary/aromatic N) is 6. The van der Waals surface area contributed by atoms with Gasteiger partial charge in [-0.3, -0.25) is 29.3 Å². The summed E-state index contributed by atoms with van der Waals surface area (Å²) in [5, 5.41) is 5.91. The number of carbonyl (C=O) groups excluding carboxylic acids is 2. The van der Waals surface area contributed by atoms with Gasteiger partial charge in [-0.15, -0.1) is 6.42 Å². The molecule has 14 nitrogen and oxygen atoms in total. The van der Waals surface area contributed by atoms with E-state index >= 15 is 0 Å². The Morgan fingerprint density at radius 1 is 1.48 bits per heavy atom. The van der Waals surface area contributed by atoms with Gasteiger partial charge in [-0.25, -0.2) is 9.36 Å². The molecule has 0 bridgehead atoms. The molecule has 3 heterocycles. The lowest BCUT2D eigenvalue weighted by Crippen LogP contribution is -2.33. The van der Waals surface area contributed by atoms with Gasteiger partial charge in [0.05, 0.1) is 12.6 Å². The Morgan fingerprint density at radius 3 is 2.82 bits per heavy atom. The number of anilines is 1. The first kappa shape index (κ1) is 23.6. The highest BCUT2D eigenvalue weighted by Gasteiger charge is 2.43. The van der Waals surface area contributed by atoms with Crippen molar-refractivity contribution in [2.24, 2.45) is 11.0 Å². The molecule has 33 heavy (non-hydrogen) atoms. The Balaban J connectivity index is 2.20. The number of carbonyl (C=O) groups is 2. The van der Waals surface area contributed by atoms with Crippen LogP contribution in [0.2, 0.25) is 0 Å². The highest BCUT2D eigenvalue weighted by atomic mass is 16.6. The van der Waals surface area contributed by atoms with Crippen molar-refractivity contribution in [1.29, 1.82) is 0 Å². The summed E-state index contributed by atoms with van der Waals surface area (Å²) in [6.07, 6.45) is 3.03. The molecule has 1 fully saturated rings. The summed E-state index contributed by atoms with van der Waals surface area (Å²) in [4.78, 5) is 58.6. The number of aromatic nitrogens is 4. The fraction of sp³-hybridized carbons (Fsp3) is 0.526. The summed E-state index contributed by atoms with van der Waals surface area (Å²) in [5.41, 5.74) is 6.96. The van der Waals surface area contributed by atoms with Crippen molar-refractivity contribution in [3.63, 3.8) is 0 Å². The molecule has 0 aromatic carbocycles. The third-order valence-electron chi connectivity index (χ3n) is 5.09. The SMILES string of the molecule is C#CCn1c(=O)n([C@@H]2O[C@H]([C@@H](C)CN=[N+]=[N-])C[C@H]2OC(C)=O)c2nc(NC(C)=O)[nH]c(=O)c21. The fourth-order valence-electron chi connectivity index (χ4n) is 3.74. The minimum Gasteiger partial charge on any atom is -0.458 e. The van der Waals surface area contributed by atoms with Gasteiger partial charge in [0.25, 0.3) is 5.56 Å². The van der Waals surface area contributed by atoms with Crippen LogP contribution in [0.15, 0.2) is 14.7 Å². The number of nitrogens with one attached hydrogen (secondary N) is 2. The van der Waals surface area contributed by atoms with Crippen LogP contribution in [-0.2, 0) is 25.6 Å². The Labute approximate surface area is 186 Å². The quantitative estimate of drug-likeness (QED) is 0.200. The number of aromatic amines is 1. The molecule has 1 aliphatic heterocycles. The largest absolute Gasteiger partial charge is 0.458 e. The van der Waals surface area contributed by atoms with E-state index in [9.17, 15) is 19.2 Å². The summed E-state index contributed by atoms with van der Waals surface area (Å²) < 4.78 is 13.6. The lowest BCUT2D eigenvalue weighted by molar-refractivity contribution is -0.152. The second-order valence-electron chi connectivity index (χ2n) is 7.55. The van der Waals surface area contributed by atoms with Gasteiger partial charge in [0.15, 0.2) is 17.4 Å². The fourth-order valence-corrected chi connectivity index (χ4v) is 3.74. The zero-order chi connectivity index (χ0) is 24.3. The normalized spacial score (nSPS) is 20.6. The van der Waals surface area contributed by atoms with Gasteiger partial charge in [0.1, 0.15) is 6.10 Å². The van der Waals surface area contributed by atoms with Gasteiger partial charge >= 0.3 is 11.7 Å². The minimum atomic E-state index is -1.14. The van der Waals surface area contributed by atoms with Crippen LogP contribution >= 0.6 is 0 Å². The maximum Gasteiger partial charge on any atom is 0.333 e. The first-order valence-electron chi connectivity index (χ1n) is 9.97. The van der Waals surface area contributed by atoms with E-state index < -0.39 is 41.6 Å².